The van der Waals surface area contributed by atoms with Crippen molar-refractivity contribution in [1.29, 1.82) is 5.26 Å². The number of benzene rings is 2. The van der Waals surface area contributed by atoms with E-state index < -0.39 is 17.3 Å². The predicted molar refractivity (Wildman–Crippen MR) is 546 cm³/mol. The summed E-state index contributed by atoms with van der Waals surface area (Å²) in [6, 6.07) is 29.3. The van der Waals surface area contributed by atoms with E-state index in [0.29, 0.717) is 153 Å². The van der Waals surface area contributed by atoms with Gasteiger partial charge < -0.3 is 58.3 Å². The van der Waals surface area contributed by atoms with Gasteiger partial charge in [0.25, 0.3) is 33.4 Å². The van der Waals surface area contributed by atoms with Crippen molar-refractivity contribution >= 4 is 66.2 Å². The van der Waals surface area contributed by atoms with Gasteiger partial charge in [0.15, 0.2) is 33.9 Å². The van der Waals surface area contributed by atoms with E-state index in [-0.39, 0.29) is 100 Å². The van der Waals surface area contributed by atoms with Crippen molar-refractivity contribution in [2.75, 3.05) is 46.8 Å². The van der Waals surface area contributed by atoms with Crippen LogP contribution < -0.4 is 38.1 Å². The topological polar surface area (TPSA) is 499 Å². The van der Waals surface area contributed by atoms with Gasteiger partial charge in [0, 0.05) is 102 Å². The Bertz CT molecular complexity index is 7940. The lowest BCUT2D eigenvalue weighted by atomic mass is 9.96. The molecule has 40 nitrogen and oxygen atoms in total. The summed E-state index contributed by atoms with van der Waals surface area (Å²) in [4.78, 5) is 132. The summed E-state index contributed by atoms with van der Waals surface area (Å²) in [5.41, 5.74) is 5.92. The molecule has 20 heterocycles. The Balaban J connectivity index is 0.000000112. The highest BCUT2D eigenvalue weighted by Crippen LogP contribution is 2.37. The third-order valence-electron chi connectivity index (χ3n) is 28.5. The fourth-order valence-corrected chi connectivity index (χ4v) is 20.9. The van der Waals surface area contributed by atoms with Gasteiger partial charge in [0.1, 0.15) is 73.0 Å². The number of H-pyrrole nitrogens is 6. The molecule has 2 aromatic carbocycles. The molecule has 0 radical (unpaired) electrons. The van der Waals surface area contributed by atoms with Gasteiger partial charge in [-0.15, -0.1) is 0 Å². The van der Waals surface area contributed by atoms with Gasteiger partial charge in [-0.3, -0.25) is 43.7 Å². The van der Waals surface area contributed by atoms with E-state index in [1.807, 2.05) is 97.9 Å². The van der Waals surface area contributed by atoms with Crippen molar-refractivity contribution in [2.24, 2.45) is 5.92 Å². The predicted octanol–water partition coefficient (Wildman–Crippen LogP) is 14.3. The third kappa shape index (κ3) is 24.5. The summed E-state index contributed by atoms with van der Waals surface area (Å²) < 4.78 is 84.1. The monoisotopic (exact) mass is 2030 g/mol. The van der Waals surface area contributed by atoms with E-state index in [4.69, 9.17) is 38.4 Å². The first kappa shape index (κ1) is 102. The molecule has 7 fully saturated rings. The third-order valence-corrected chi connectivity index (χ3v) is 28.5. The van der Waals surface area contributed by atoms with Crippen molar-refractivity contribution in [3.05, 3.63) is 289 Å². The van der Waals surface area contributed by atoms with Crippen LogP contribution in [0.1, 0.15) is 260 Å². The molecule has 24 rings (SSSR count). The van der Waals surface area contributed by atoms with E-state index >= 15 is 0 Å². The molecule has 0 spiro atoms. The van der Waals surface area contributed by atoms with Gasteiger partial charge in [-0.1, -0.05) is 93.5 Å². The van der Waals surface area contributed by atoms with Crippen LogP contribution in [-0.2, 0) is 68.4 Å². The summed E-state index contributed by atoms with van der Waals surface area (Å²) in [7, 11) is 1.61. The molecule has 5 saturated heterocycles. The molecular formula is C106H119F3N28O12. The largest absolute Gasteiger partial charge is 0.495 e. The van der Waals surface area contributed by atoms with Crippen LogP contribution in [0.4, 0.5) is 13.2 Å². The number of alkyl halides is 3. The second-order valence-electron chi connectivity index (χ2n) is 39.1. The van der Waals surface area contributed by atoms with E-state index in [0.717, 1.165) is 143 Å². The van der Waals surface area contributed by atoms with Crippen LogP contribution in [0.3, 0.4) is 0 Å². The van der Waals surface area contributed by atoms with Crippen molar-refractivity contribution in [2.45, 2.75) is 255 Å². The lowest BCUT2D eigenvalue weighted by molar-refractivity contribution is -0.138. The number of nitrogens with one attached hydrogen (secondary N) is 6. The Hall–Kier alpha value is -15.1. The van der Waals surface area contributed by atoms with E-state index in [1.165, 1.54) is 69.3 Å². The number of aromatic nitrogens is 27. The maximum Gasteiger partial charge on any atom is 0.416 e. The minimum Gasteiger partial charge on any atom is -0.495 e. The summed E-state index contributed by atoms with van der Waals surface area (Å²) in [6.07, 6.45) is 34.7. The number of hydrogen-bond donors (Lipinski definition) is 6. The zero-order chi connectivity index (χ0) is 103. The number of aromatic amines is 6. The number of ether oxygens (including phenoxy) is 6. The van der Waals surface area contributed by atoms with E-state index in [9.17, 15) is 47.2 Å². The van der Waals surface area contributed by atoms with Gasteiger partial charge >= 0.3 is 6.18 Å². The van der Waals surface area contributed by atoms with Gasteiger partial charge in [-0.05, 0) is 170 Å². The molecule has 8 atom stereocenters. The average molecular weight is 2030 g/mol. The number of nitrogens with zero attached hydrogens (tertiary/aromatic N) is 22. The van der Waals surface area contributed by atoms with E-state index in [1.54, 1.807) is 73.6 Å². The molecule has 0 bridgehead atoms. The Morgan fingerprint density at radius 1 is 0.376 bits per heavy atom. The summed E-state index contributed by atoms with van der Waals surface area (Å²) in [5, 5.41) is 38.8. The normalized spacial score (nSPS) is 19.9. The van der Waals surface area contributed by atoms with Crippen LogP contribution in [0.5, 0.6) is 5.75 Å². The molecule has 5 aliphatic heterocycles. The van der Waals surface area contributed by atoms with Crippen molar-refractivity contribution in [3.63, 3.8) is 0 Å². The van der Waals surface area contributed by atoms with Crippen LogP contribution in [0.25, 0.3) is 66.2 Å². The average Bonchev–Trinajstić information content (AvgIpc) is 1.67. The number of halogens is 3. The van der Waals surface area contributed by atoms with Gasteiger partial charge in [0.05, 0.1) is 134 Å². The summed E-state index contributed by atoms with van der Waals surface area (Å²) in [6.45, 7) is 12.3. The molecule has 15 aromatic heterocycles. The molecule has 2 saturated carbocycles. The highest BCUT2D eigenvalue weighted by Gasteiger charge is 2.36. The molecule has 6 N–H and O–H groups in total. The lowest BCUT2D eigenvalue weighted by Gasteiger charge is -2.27. The van der Waals surface area contributed by atoms with Gasteiger partial charge in [-0.2, -0.15) is 49.0 Å². The van der Waals surface area contributed by atoms with Crippen LogP contribution in [0.15, 0.2) is 182 Å². The lowest BCUT2D eigenvalue weighted by Crippen LogP contribution is -2.26. The zero-order valence-corrected chi connectivity index (χ0v) is 83.6. The fourth-order valence-electron chi connectivity index (χ4n) is 20.9. The van der Waals surface area contributed by atoms with Crippen LogP contribution in [0.2, 0.25) is 0 Å². The quantitative estimate of drug-likeness (QED) is 0.0438. The number of nitriles is 1. The number of rotatable bonds is 19. The highest BCUT2D eigenvalue weighted by atomic mass is 19.4. The zero-order valence-electron chi connectivity index (χ0n) is 83.6. The summed E-state index contributed by atoms with van der Waals surface area (Å²) in [5.74, 6) is 4.69. The summed E-state index contributed by atoms with van der Waals surface area (Å²) >= 11 is 0. The Morgan fingerprint density at radius 3 is 1.17 bits per heavy atom. The first-order valence-corrected chi connectivity index (χ1v) is 51.2. The fraction of sp³-hybridized carbons (Fsp3) is 0.453. The number of fused-ring (bicyclic) bond motifs is 6. The minimum atomic E-state index is -4.47. The maximum atomic E-state index is 13.3. The van der Waals surface area contributed by atoms with Gasteiger partial charge in [-0.25, -0.2) is 58.0 Å². The molecule has 0 amide bonds. The Labute approximate surface area is 850 Å². The SMILES string of the molecule is CC1CC(n2ncc3c(=O)[nH]c(CC4CCCC4)nc32)CCO1.CC1CC(n2ncc3c(=O)[nH]c(Cc4ccccc4C#N)nc32)CCO1.CC1CC(n2ncc3c(=O)[nH]c(Cc4ccccc4C(F)(F)F)nc32)CCO1.CC1CC(n2ncc3c(=O)[nH]c(Cc4ccccn4)nc32)CCO1.COc1cccnc1Cc1nc2c(cnn2C2CCCCC2)c(=O)[nH]1.O=c1[nH]c(Cc2cccnc2)nc2c1cnn2C1CCOCC1. The molecule has 2 aliphatic carbocycles. The molecule has 8 unspecified atom stereocenters. The second-order valence-corrected chi connectivity index (χ2v) is 39.1. The van der Waals surface area contributed by atoms with Crippen LogP contribution in [0, 0.1) is 17.2 Å². The van der Waals surface area contributed by atoms with Crippen LogP contribution >= 0.6 is 0 Å². The number of hydrogen-bond acceptors (Lipinski definition) is 28. The Kier molecular flexibility index (Phi) is 32.3. The minimum absolute atomic E-state index is 0.0332. The first-order valence-electron chi connectivity index (χ1n) is 51.2. The number of pyridine rings is 3. The maximum absolute atomic E-state index is 13.3. The molecule has 17 aromatic rings. The first-order chi connectivity index (χ1) is 72.5. The standard InChI is InChI=1S/C19H19F3N4O2.C19H19N5O2.C18H21N5O2.C17H19N5O2.C17H24N4O2.C16H17N5O2/c1-11-8-13(6-7-28-11)26-17-14(10-23-26)18(27)25-16(24-17)9-12-4-2-3-5-15(12)19(20,21)22;1-12-8-15(6-7-26-12)24-18-16(11-21-24)19(25)23-17(22-18)9-13-4-2-3-5-14(13)10-20;1-25-15-8-5-9-19-14(15)10-16-21-17-13(18(24)22-16)11-20-23(17)12-6-3-2-4-7-12;1-11-8-13(5-7-24-11)22-16-14(10-19-22)17(23)21-15(20-16)9-12-4-2-3-6-18-12;1-11-8-13(6-7-23-11)21-16-14(10-18-21)17(22)20-15(19-16)9-12-4-2-3-5-12;22-16-13-10-18-21(12-3-6-23-7-4-12)15(13)19-14(20-16)8-11-2-1-5-17-9-11/h2-5,10-11,13H,6-9H2,1H3,(H,24,25,27);2-5,11-12,15H,6-9H2,1H3,(H,22,23,25);5,8-9,11-12H,2-4,6-7,10H2,1H3,(H,21,22,24);2-4,6,10-11,13H,5,7-9H2,1H3,(H,20,21,23);10-13H,2-9H2,1H3,(H,19,20,22);1-2,5,9-10,12H,3-4,6-8H2,(H,19,20,22). The van der Waals surface area contributed by atoms with Crippen molar-refractivity contribution in [3.8, 4) is 11.8 Å². The van der Waals surface area contributed by atoms with E-state index in [2.05, 4.69) is 115 Å². The highest BCUT2D eigenvalue weighted by molar-refractivity contribution is 5.77. The molecule has 149 heavy (non-hydrogen) atoms. The smallest absolute Gasteiger partial charge is 0.416 e. The molecule has 43 heteroatoms. The molecule has 776 valence electrons. The van der Waals surface area contributed by atoms with Gasteiger partial charge in [0.2, 0.25) is 0 Å². The second kappa shape index (κ2) is 46.9. The van der Waals surface area contributed by atoms with Crippen molar-refractivity contribution in [1.82, 2.24) is 133 Å². The Morgan fingerprint density at radius 2 is 0.745 bits per heavy atom. The van der Waals surface area contributed by atoms with Crippen molar-refractivity contribution < 1.29 is 41.6 Å². The molecule has 7 aliphatic rings. The molecular weight excluding hydrogens is 1910 g/mol. The van der Waals surface area contributed by atoms with Crippen LogP contribution in [-0.4, -0.2) is 205 Å². The number of methoxy groups -OCH3 is 1.